The number of amides is 1. The van der Waals surface area contributed by atoms with Crippen LogP contribution in [0, 0.1) is 11.8 Å². The number of carboxylic acids is 1. The minimum Gasteiger partial charge on any atom is -0.478 e. The van der Waals surface area contributed by atoms with Crippen LogP contribution in [0.4, 0.5) is 5.69 Å². The van der Waals surface area contributed by atoms with Crippen LogP contribution in [0.15, 0.2) is 78.2 Å². The first kappa shape index (κ1) is 25.5. The number of allylic oxidation sites excluding steroid dienone is 4. The molecule has 1 saturated carbocycles. The SMILES string of the molecule is C=C(/C=C\C(=C/C)c1cc(Cl)ccc1-c1csnn1)C(CC1CC1)C(=O)Nc1ccc(C(=O)O)cc1. The zero-order valence-corrected chi connectivity index (χ0v) is 21.4. The molecule has 1 atom stereocenters. The zero-order chi connectivity index (χ0) is 25.7. The zero-order valence-electron chi connectivity index (χ0n) is 19.8. The molecule has 0 saturated heterocycles. The Morgan fingerprint density at radius 1 is 1.22 bits per heavy atom. The molecule has 3 aromatic rings. The molecular weight excluding hydrogens is 494 g/mol. The van der Waals surface area contributed by atoms with Crippen molar-refractivity contribution in [3.05, 3.63) is 94.4 Å². The monoisotopic (exact) mass is 519 g/mol. The summed E-state index contributed by atoms with van der Waals surface area (Å²) >= 11 is 7.60. The molecule has 2 aromatic carbocycles. The fourth-order valence-electron chi connectivity index (χ4n) is 3.95. The van der Waals surface area contributed by atoms with Crippen molar-refractivity contribution >= 4 is 46.3 Å². The molecule has 4 rings (SSSR count). The molecule has 0 aliphatic heterocycles. The third-order valence-corrected chi connectivity index (χ3v) is 6.89. The van der Waals surface area contributed by atoms with Crippen molar-refractivity contribution in [1.29, 1.82) is 0 Å². The van der Waals surface area contributed by atoms with E-state index in [0.29, 0.717) is 22.2 Å². The van der Waals surface area contributed by atoms with Crippen molar-refractivity contribution in [3.8, 4) is 11.3 Å². The molecule has 1 heterocycles. The summed E-state index contributed by atoms with van der Waals surface area (Å²) < 4.78 is 3.98. The Morgan fingerprint density at radius 2 is 1.97 bits per heavy atom. The highest BCUT2D eigenvalue weighted by molar-refractivity contribution is 7.03. The van der Waals surface area contributed by atoms with Gasteiger partial charge in [0.15, 0.2) is 0 Å². The first-order valence-electron chi connectivity index (χ1n) is 11.6. The van der Waals surface area contributed by atoms with Gasteiger partial charge in [-0.1, -0.05) is 59.8 Å². The van der Waals surface area contributed by atoms with Gasteiger partial charge in [0.05, 0.1) is 11.5 Å². The molecule has 6 nitrogen and oxygen atoms in total. The summed E-state index contributed by atoms with van der Waals surface area (Å²) in [7, 11) is 0. The third kappa shape index (κ3) is 6.36. The summed E-state index contributed by atoms with van der Waals surface area (Å²) in [5, 5.41) is 18.7. The molecule has 1 aliphatic carbocycles. The number of aromatic carboxylic acids is 1. The van der Waals surface area contributed by atoms with Gasteiger partial charge in [-0.2, -0.15) is 0 Å². The predicted molar refractivity (Wildman–Crippen MR) is 145 cm³/mol. The van der Waals surface area contributed by atoms with Crippen LogP contribution in [-0.4, -0.2) is 26.6 Å². The second-order valence-electron chi connectivity index (χ2n) is 8.74. The van der Waals surface area contributed by atoms with Crippen LogP contribution in [-0.2, 0) is 4.79 Å². The fourth-order valence-corrected chi connectivity index (χ4v) is 4.58. The van der Waals surface area contributed by atoms with Gasteiger partial charge in [0.2, 0.25) is 5.91 Å². The predicted octanol–water partition coefficient (Wildman–Crippen LogP) is 7.13. The topological polar surface area (TPSA) is 92.2 Å². The second-order valence-corrected chi connectivity index (χ2v) is 9.78. The Labute approximate surface area is 219 Å². The molecule has 2 N–H and O–H groups in total. The number of halogens is 1. The van der Waals surface area contributed by atoms with E-state index in [4.69, 9.17) is 16.7 Å². The molecule has 1 aliphatic rings. The highest BCUT2D eigenvalue weighted by Crippen LogP contribution is 2.38. The standard InChI is InChI=1S/C28H26ClN3O3S/c1-3-19(25-15-21(29)10-13-23(25)26-16-36-32-31-26)7-4-17(2)24(14-18-5-6-18)27(33)30-22-11-8-20(9-12-22)28(34)35/h3-4,7-13,15-16,18,24H,2,5-6,14H2,1H3,(H,30,33)(H,34,35)/b7-4-,19-3+. The Morgan fingerprint density at radius 3 is 2.58 bits per heavy atom. The molecule has 0 radical (unpaired) electrons. The average molecular weight is 520 g/mol. The summed E-state index contributed by atoms with van der Waals surface area (Å²) in [6.45, 7) is 6.17. The van der Waals surface area contributed by atoms with Gasteiger partial charge in [-0.3, -0.25) is 4.79 Å². The summed E-state index contributed by atoms with van der Waals surface area (Å²) in [5.41, 5.74) is 4.98. The molecule has 184 valence electrons. The Hall–Kier alpha value is -3.55. The van der Waals surface area contributed by atoms with Crippen molar-refractivity contribution in [2.24, 2.45) is 11.8 Å². The second kappa shape index (κ2) is 11.5. The number of carbonyl (C=O) groups is 2. The normalized spacial score (nSPS) is 14.6. The largest absolute Gasteiger partial charge is 0.478 e. The molecule has 1 unspecified atom stereocenters. The van der Waals surface area contributed by atoms with Gasteiger partial charge in [-0.25, -0.2) is 4.79 Å². The maximum Gasteiger partial charge on any atom is 0.335 e. The number of carboxylic acid groups (broad SMARTS) is 1. The maximum atomic E-state index is 13.2. The van der Waals surface area contributed by atoms with Crippen LogP contribution in [0.5, 0.6) is 0 Å². The van der Waals surface area contributed by atoms with E-state index in [-0.39, 0.29) is 11.5 Å². The van der Waals surface area contributed by atoms with E-state index >= 15 is 0 Å². The van der Waals surface area contributed by atoms with Gasteiger partial charge in [-0.05, 0) is 83.9 Å². The lowest BCUT2D eigenvalue weighted by atomic mass is 9.91. The summed E-state index contributed by atoms with van der Waals surface area (Å²) in [6.07, 6.45) is 8.77. The molecule has 0 bridgehead atoms. The Bertz CT molecular complexity index is 1330. The van der Waals surface area contributed by atoms with E-state index in [1.807, 2.05) is 48.7 Å². The lowest BCUT2D eigenvalue weighted by Gasteiger charge is -2.18. The number of benzene rings is 2. The molecule has 0 spiro atoms. The van der Waals surface area contributed by atoms with E-state index in [1.54, 1.807) is 12.1 Å². The molecular formula is C28H26ClN3O3S. The van der Waals surface area contributed by atoms with Crippen LogP contribution < -0.4 is 5.32 Å². The van der Waals surface area contributed by atoms with Gasteiger partial charge in [0.1, 0.15) is 5.69 Å². The van der Waals surface area contributed by atoms with Crippen LogP contribution in [0.1, 0.15) is 42.1 Å². The maximum absolute atomic E-state index is 13.2. The minimum atomic E-state index is -1.01. The number of carbonyl (C=O) groups excluding carboxylic acids is 1. The number of aromatic nitrogens is 2. The quantitative estimate of drug-likeness (QED) is 0.278. The van der Waals surface area contributed by atoms with Gasteiger partial charge < -0.3 is 10.4 Å². The van der Waals surface area contributed by atoms with Crippen molar-refractivity contribution in [2.45, 2.75) is 26.2 Å². The van der Waals surface area contributed by atoms with Crippen molar-refractivity contribution in [3.63, 3.8) is 0 Å². The summed E-state index contributed by atoms with van der Waals surface area (Å²) in [6, 6.07) is 11.8. The van der Waals surface area contributed by atoms with Gasteiger partial charge in [0.25, 0.3) is 0 Å². The summed E-state index contributed by atoms with van der Waals surface area (Å²) in [5.74, 6) is -1.05. The fraction of sp³-hybridized carbons (Fsp3) is 0.214. The van der Waals surface area contributed by atoms with E-state index in [2.05, 4.69) is 21.5 Å². The Kier molecular flexibility index (Phi) is 8.13. The molecule has 1 fully saturated rings. The molecule has 8 heteroatoms. The van der Waals surface area contributed by atoms with E-state index in [0.717, 1.165) is 41.7 Å². The minimum absolute atomic E-state index is 0.154. The highest BCUT2D eigenvalue weighted by atomic mass is 35.5. The van der Waals surface area contributed by atoms with Crippen LogP contribution >= 0.6 is 23.1 Å². The van der Waals surface area contributed by atoms with Crippen LogP contribution in [0.25, 0.3) is 16.8 Å². The van der Waals surface area contributed by atoms with Gasteiger partial charge in [0, 0.05) is 21.7 Å². The van der Waals surface area contributed by atoms with Crippen molar-refractivity contribution in [2.75, 3.05) is 5.32 Å². The number of hydrogen-bond donors (Lipinski definition) is 2. The van der Waals surface area contributed by atoms with Crippen molar-refractivity contribution in [1.82, 2.24) is 9.59 Å². The number of nitrogens with one attached hydrogen (secondary N) is 1. The first-order chi connectivity index (χ1) is 17.4. The average Bonchev–Trinajstić information content (AvgIpc) is 3.53. The molecule has 1 aromatic heterocycles. The van der Waals surface area contributed by atoms with Crippen LogP contribution in [0.2, 0.25) is 5.02 Å². The Balaban J connectivity index is 1.54. The smallest absolute Gasteiger partial charge is 0.335 e. The number of anilines is 1. The summed E-state index contributed by atoms with van der Waals surface area (Å²) in [4.78, 5) is 24.3. The van der Waals surface area contributed by atoms with Crippen molar-refractivity contribution < 1.29 is 14.7 Å². The van der Waals surface area contributed by atoms with Gasteiger partial charge in [-0.15, -0.1) is 5.10 Å². The molecule has 36 heavy (non-hydrogen) atoms. The third-order valence-electron chi connectivity index (χ3n) is 6.15. The molecule has 1 amide bonds. The lowest BCUT2D eigenvalue weighted by molar-refractivity contribution is -0.119. The first-order valence-corrected chi connectivity index (χ1v) is 12.8. The van der Waals surface area contributed by atoms with E-state index in [9.17, 15) is 9.59 Å². The lowest BCUT2D eigenvalue weighted by Crippen LogP contribution is -2.24. The highest BCUT2D eigenvalue weighted by Gasteiger charge is 2.30. The van der Waals surface area contributed by atoms with Crippen LogP contribution in [0.3, 0.4) is 0 Å². The van der Waals surface area contributed by atoms with Gasteiger partial charge >= 0.3 is 5.97 Å². The number of hydrogen-bond acceptors (Lipinski definition) is 5. The number of nitrogens with zero attached hydrogens (tertiary/aromatic N) is 2. The van der Waals surface area contributed by atoms with E-state index in [1.165, 1.54) is 23.7 Å². The van der Waals surface area contributed by atoms with E-state index < -0.39 is 11.9 Å². The number of rotatable bonds is 10.